The maximum atomic E-state index is 13.2. The van der Waals surface area contributed by atoms with E-state index in [1.54, 1.807) is 13.8 Å². The number of nitrogens with two attached hydrogens (primary N) is 1. The second-order valence-electron chi connectivity index (χ2n) is 9.92. The highest BCUT2D eigenvalue weighted by molar-refractivity contribution is 6.07. The molecule has 0 aromatic heterocycles. The molecule has 1 unspecified atom stereocenters. The number of carboxylic acid groups (broad SMARTS) is 1. The SMILES string of the molecule is COC(=O)C[C@H](NC(C)=O)C(=O)C(CN)C(=O)N[C@H](C(=O)N[C@@H](CC(=O)O)C(=O)CCCc1ccccc1)C(C)C. The third kappa shape index (κ3) is 12.3. The van der Waals surface area contributed by atoms with Gasteiger partial charge in [-0.1, -0.05) is 44.2 Å². The number of hydrogen-bond acceptors (Lipinski definition) is 9. The molecule has 0 saturated carbocycles. The fraction of sp³-hybridized carbons (Fsp3) is 0.536. The Kier molecular flexibility index (Phi) is 14.9. The Morgan fingerprint density at radius 1 is 0.902 bits per heavy atom. The van der Waals surface area contributed by atoms with E-state index in [1.165, 1.54) is 0 Å². The van der Waals surface area contributed by atoms with Crippen molar-refractivity contribution in [1.29, 1.82) is 0 Å². The topological polar surface area (TPSA) is 211 Å². The first-order valence-electron chi connectivity index (χ1n) is 13.3. The zero-order valence-electron chi connectivity index (χ0n) is 23.8. The molecular weight excluding hydrogens is 536 g/mol. The van der Waals surface area contributed by atoms with Crippen molar-refractivity contribution in [3.63, 3.8) is 0 Å². The van der Waals surface area contributed by atoms with Crippen molar-refractivity contribution in [3.8, 4) is 0 Å². The lowest BCUT2D eigenvalue weighted by molar-refractivity contribution is -0.145. The summed E-state index contributed by atoms with van der Waals surface area (Å²) < 4.78 is 4.55. The van der Waals surface area contributed by atoms with Crippen LogP contribution in [0, 0.1) is 11.8 Å². The second kappa shape index (κ2) is 17.5. The third-order valence-electron chi connectivity index (χ3n) is 6.28. The number of benzene rings is 1. The summed E-state index contributed by atoms with van der Waals surface area (Å²) in [5.41, 5.74) is 6.69. The summed E-state index contributed by atoms with van der Waals surface area (Å²) in [5, 5.41) is 16.5. The predicted molar refractivity (Wildman–Crippen MR) is 147 cm³/mol. The van der Waals surface area contributed by atoms with Gasteiger partial charge in [0.1, 0.15) is 12.0 Å². The van der Waals surface area contributed by atoms with Crippen LogP contribution in [0.25, 0.3) is 0 Å². The number of aryl methyl sites for hydroxylation is 1. The normalized spacial score (nSPS) is 13.7. The quantitative estimate of drug-likeness (QED) is 0.116. The molecule has 0 heterocycles. The van der Waals surface area contributed by atoms with E-state index in [9.17, 15) is 38.7 Å². The molecule has 0 fully saturated rings. The lowest BCUT2D eigenvalue weighted by Crippen LogP contribution is -2.57. The molecule has 1 aromatic carbocycles. The van der Waals surface area contributed by atoms with Gasteiger partial charge in [0.2, 0.25) is 17.7 Å². The van der Waals surface area contributed by atoms with E-state index in [0.717, 1.165) is 19.6 Å². The summed E-state index contributed by atoms with van der Waals surface area (Å²) in [6.45, 7) is 3.85. The van der Waals surface area contributed by atoms with Gasteiger partial charge in [-0.15, -0.1) is 0 Å². The summed E-state index contributed by atoms with van der Waals surface area (Å²) >= 11 is 0. The molecule has 1 rings (SSSR count). The molecule has 0 aliphatic rings. The highest BCUT2D eigenvalue weighted by Crippen LogP contribution is 2.12. The summed E-state index contributed by atoms with van der Waals surface area (Å²) in [4.78, 5) is 86.8. The minimum absolute atomic E-state index is 0.0281. The first-order chi connectivity index (χ1) is 19.3. The Bertz CT molecular complexity index is 1090. The van der Waals surface area contributed by atoms with Gasteiger partial charge in [-0.05, 0) is 24.3 Å². The molecule has 226 valence electrons. The van der Waals surface area contributed by atoms with Crippen LogP contribution in [0.4, 0.5) is 0 Å². The monoisotopic (exact) mass is 576 g/mol. The van der Waals surface area contributed by atoms with Crippen molar-refractivity contribution in [2.24, 2.45) is 17.6 Å². The van der Waals surface area contributed by atoms with Gasteiger partial charge in [0.25, 0.3) is 0 Å². The number of hydrogen-bond donors (Lipinski definition) is 5. The number of ketones is 2. The van der Waals surface area contributed by atoms with Gasteiger partial charge in [0, 0.05) is 19.9 Å². The van der Waals surface area contributed by atoms with E-state index in [2.05, 4.69) is 20.7 Å². The predicted octanol–water partition coefficient (Wildman–Crippen LogP) is -0.109. The molecule has 4 atom stereocenters. The van der Waals surface area contributed by atoms with E-state index in [4.69, 9.17) is 5.73 Å². The number of ether oxygens (including phenoxy) is 1. The zero-order valence-corrected chi connectivity index (χ0v) is 23.8. The summed E-state index contributed by atoms with van der Waals surface area (Å²) in [5.74, 6) is -7.85. The number of amides is 3. The zero-order chi connectivity index (χ0) is 31.1. The van der Waals surface area contributed by atoms with Crippen molar-refractivity contribution in [1.82, 2.24) is 16.0 Å². The number of esters is 1. The van der Waals surface area contributed by atoms with Gasteiger partial charge < -0.3 is 31.5 Å². The first-order valence-corrected chi connectivity index (χ1v) is 13.3. The number of methoxy groups -OCH3 is 1. The van der Waals surface area contributed by atoms with Crippen LogP contribution in [0.2, 0.25) is 0 Å². The minimum atomic E-state index is -1.53. The lowest BCUT2D eigenvalue weighted by Gasteiger charge is -2.27. The van der Waals surface area contributed by atoms with Crippen LogP contribution in [0.3, 0.4) is 0 Å². The van der Waals surface area contributed by atoms with Crippen LogP contribution >= 0.6 is 0 Å². The summed E-state index contributed by atoms with van der Waals surface area (Å²) in [6, 6.07) is 5.45. The van der Waals surface area contributed by atoms with E-state index in [-0.39, 0.29) is 6.42 Å². The van der Waals surface area contributed by atoms with Gasteiger partial charge in [-0.2, -0.15) is 0 Å². The highest BCUT2D eigenvalue weighted by atomic mass is 16.5. The number of carbonyl (C=O) groups is 7. The van der Waals surface area contributed by atoms with Crippen molar-refractivity contribution in [2.75, 3.05) is 13.7 Å². The van der Waals surface area contributed by atoms with Crippen molar-refractivity contribution < 1.29 is 43.4 Å². The highest BCUT2D eigenvalue weighted by Gasteiger charge is 2.36. The molecule has 1 aromatic rings. The Hall–Kier alpha value is -4.13. The van der Waals surface area contributed by atoms with Crippen LogP contribution in [-0.4, -0.2) is 78.1 Å². The smallest absolute Gasteiger partial charge is 0.308 e. The maximum absolute atomic E-state index is 13.2. The van der Waals surface area contributed by atoms with Crippen LogP contribution in [-0.2, 0) is 44.7 Å². The van der Waals surface area contributed by atoms with Crippen molar-refractivity contribution in [3.05, 3.63) is 35.9 Å². The van der Waals surface area contributed by atoms with Gasteiger partial charge in [0.15, 0.2) is 11.6 Å². The molecule has 0 aliphatic carbocycles. The Balaban J connectivity index is 2.99. The van der Waals surface area contributed by atoms with Gasteiger partial charge in [-0.25, -0.2) is 0 Å². The number of aliphatic carboxylic acids is 1. The molecule has 3 amide bonds. The molecule has 13 heteroatoms. The Labute approximate surface area is 238 Å². The number of carboxylic acids is 1. The molecule has 0 radical (unpaired) electrons. The van der Waals surface area contributed by atoms with E-state index < -0.39 is 90.6 Å². The largest absolute Gasteiger partial charge is 0.481 e. The minimum Gasteiger partial charge on any atom is -0.481 e. The van der Waals surface area contributed by atoms with Gasteiger partial charge in [0.05, 0.1) is 32.0 Å². The molecule has 0 spiro atoms. The summed E-state index contributed by atoms with van der Waals surface area (Å²) in [6.07, 6.45) is -0.115. The molecule has 0 bridgehead atoms. The fourth-order valence-electron chi connectivity index (χ4n) is 4.07. The molecule has 6 N–H and O–H groups in total. The average Bonchev–Trinajstić information content (AvgIpc) is 2.90. The number of Topliss-reactive ketones (excluding diaryl/α,β-unsaturated/α-hetero) is 2. The van der Waals surface area contributed by atoms with Gasteiger partial charge >= 0.3 is 11.9 Å². The second-order valence-corrected chi connectivity index (χ2v) is 9.92. The molecule has 13 nitrogen and oxygen atoms in total. The Morgan fingerprint density at radius 3 is 2.05 bits per heavy atom. The molecule has 0 aliphatic heterocycles. The number of carbonyl (C=O) groups excluding carboxylic acids is 6. The molecular formula is C28H40N4O9. The van der Waals surface area contributed by atoms with E-state index >= 15 is 0 Å². The van der Waals surface area contributed by atoms with Crippen LogP contribution in [0.5, 0.6) is 0 Å². The summed E-state index contributed by atoms with van der Waals surface area (Å²) in [7, 11) is 1.10. The average molecular weight is 577 g/mol. The van der Waals surface area contributed by atoms with Crippen LogP contribution in [0.15, 0.2) is 30.3 Å². The number of rotatable bonds is 18. The van der Waals surface area contributed by atoms with Crippen molar-refractivity contribution >= 4 is 41.2 Å². The van der Waals surface area contributed by atoms with Gasteiger partial charge in [-0.3, -0.25) is 33.6 Å². The van der Waals surface area contributed by atoms with E-state index in [1.807, 2.05) is 30.3 Å². The first kappa shape index (κ1) is 34.9. The standard InChI is InChI=1S/C28H40N4O9/c1-16(2)25(32-27(39)19(15-29)26(38)21(30-17(3)33)14-24(37)41-4)28(40)31-20(13-23(35)36)22(34)12-8-11-18-9-6-5-7-10-18/h5-7,9-10,16,19-21,25H,8,11-15,29H2,1-4H3,(H,30,33)(H,31,40)(H,32,39)(H,35,36)/t19?,20-,21-,25-/m0/s1. The Morgan fingerprint density at radius 2 is 1.54 bits per heavy atom. The van der Waals surface area contributed by atoms with Crippen molar-refractivity contribution in [2.45, 2.75) is 71.0 Å². The van der Waals surface area contributed by atoms with Crippen LogP contribution in [0.1, 0.15) is 52.0 Å². The third-order valence-corrected chi connectivity index (χ3v) is 6.28. The fourth-order valence-corrected chi connectivity index (χ4v) is 4.07. The molecule has 41 heavy (non-hydrogen) atoms. The molecule has 0 saturated heterocycles. The van der Waals surface area contributed by atoms with E-state index in [0.29, 0.717) is 12.8 Å². The van der Waals surface area contributed by atoms with Crippen LogP contribution < -0.4 is 21.7 Å². The lowest BCUT2D eigenvalue weighted by atomic mass is 9.93. The number of nitrogens with one attached hydrogen (secondary N) is 3. The maximum Gasteiger partial charge on any atom is 0.308 e.